The smallest absolute Gasteiger partial charge is 0.229 e. The van der Waals surface area contributed by atoms with Gasteiger partial charge in [0.25, 0.3) is 0 Å². The number of nitrogens with zero attached hydrogens (tertiary/aromatic N) is 1. The van der Waals surface area contributed by atoms with Gasteiger partial charge in [-0.2, -0.15) is 0 Å². The lowest BCUT2D eigenvalue weighted by atomic mass is 10.2. The van der Waals surface area contributed by atoms with Gasteiger partial charge in [-0.3, -0.25) is 0 Å². The van der Waals surface area contributed by atoms with Crippen molar-refractivity contribution in [3.05, 3.63) is 65.0 Å². The summed E-state index contributed by atoms with van der Waals surface area (Å²) >= 11 is 3.37. The van der Waals surface area contributed by atoms with Gasteiger partial charge in [-0.1, -0.05) is 40.2 Å². The van der Waals surface area contributed by atoms with Crippen molar-refractivity contribution in [2.45, 2.75) is 0 Å². The molecular weight excluding hydrogens is 309 g/mol. The molecule has 0 saturated carbocycles. The molecule has 2 aromatic carbocycles. The van der Waals surface area contributed by atoms with Gasteiger partial charge in [0, 0.05) is 10.0 Å². The van der Waals surface area contributed by atoms with E-state index in [-0.39, 0.29) is 11.7 Å². The summed E-state index contributed by atoms with van der Waals surface area (Å²) in [4.78, 5) is 4.13. The largest absolute Gasteiger partial charge is 0.436 e. The third kappa shape index (κ3) is 2.44. The lowest BCUT2D eigenvalue weighted by Crippen LogP contribution is -1.82. The average molecular weight is 318 g/mol. The zero-order valence-corrected chi connectivity index (χ0v) is 11.4. The van der Waals surface area contributed by atoms with Crippen LogP contribution in [0.3, 0.4) is 0 Å². The minimum Gasteiger partial charge on any atom is -0.436 e. The third-order valence-electron chi connectivity index (χ3n) is 2.74. The highest BCUT2D eigenvalue weighted by Gasteiger charge is 2.11. The molecule has 0 saturated heterocycles. The highest BCUT2D eigenvalue weighted by Crippen LogP contribution is 2.28. The second-order valence-electron chi connectivity index (χ2n) is 4.02. The van der Waals surface area contributed by atoms with Gasteiger partial charge in [-0.05, 0) is 24.3 Å². The summed E-state index contributed by atoms with van der Waals surface area (Å²) < 4.78 is 20.2. The molecular formula is C15H9BrFNO. The summed E-state index contributed by atoms with van der Waals surface area (Å²) in [5.74, 6) is 0.563. The number of hydrogen-bond donors (Lipinski definition) is 0. The summed E-state index contributed by atoms with van der Waals surface area (Å²) in [7, 11) is 0. The van der Waals surface area contributed by atoms with E-state index in [2.05, 4.69) is 20.9 Å². The minimum absolute atomic E-state index is 0.288. The fourth-order valence-corrected chi connectivity index (χ4v) is 2.05. The van der Waals surface area contributed by atoms with Crippen LogP contribution in [0.5, 0.6) is 0 Å². The number of hydrogen-bond acceptors (Lipinski definition) is 2. The number of oxazole rings is 1. The molecule has 0 unspecified atom stereocenters. The molecule has 0 radical (unpaired) electrons. The third-order valence-corrected chi connectivity index (χ3v) is 3.27. The number of rotatable bonds is 2. The van der Waals surface area contributed by atoms with E-state index in [0.717, 1.165) is 10.0 Å². The maximum Gasteiger partial charge on any atom is 0.229 e. The Bertz CT molecular complexity index is 706. The number of halogens is 2. The van der Waals surface area contributed by atoms with Gasteiger partial charge in [-0.15, -0.1) is 0 Å². The molecule has 0 fully saturated rings. The topological polar surface area (TPSA) is 26.0 Å². The zero-order chi connectivity index (χ0) is 13.2. The van der Waals surface area contributed by atoms with Crippen LogP contribution in [-0.2, 0) is 0 Å². The molecule has 0 amide bonds. The van der Waals surface area contributed by atoms with E-state index in [4.69, 9.17) is 4.42 Å². The second kappa shape index (κ2) is 4.97. The van der Waals surface area contributed by atoms with Crippen molar-refractivity contribution >= 4 is 15.9 Å². The van der Waals surface area contributed by atoms with Crippen LogP contribution in [0.25, 0.3) is 22.8 Å². The molecule has 3 aromatic rings. The standard InChI is InChI=1S/C15H9BrFNO/c16-11-7-5-10(6-8-11)14-9-18-15(19-14)12-3-1-2-4-13(12)17/h1-9H. The maximum absolute atomic E-state index is 13.6. The molecule has 4 heteroatoms. The van der Waals surface area contributed by atoms with Crippen LogP contribution in [0.15, 0.2) is 63.6 Å². The molecule has 19 heavy (non-hydrogen) atoms. The van der Waals surface area contributed by atoms with Crippen molar-refractivity contribution in [1.29, 1.82) is 0 Å². The Balaban J connectivity index is 2.00. The second-order valence-corrected chi connectivity index (χ2v) is 4.93. The van der Waals surface area contributed by atoms with Crippen LogP contribution < -0.4 is 0 Å². The van der Waals surface area contributed by atoms with Crippen molar-refractivity contribution in [1.82, 2.24) is 4.98 Å². The van der Waals surface area contributed by atoms with Crippen molar-refractivity contribution in [2.75, 3.05) is 0 Å². The van der Waals surface area contributed by atoms with Gasteiger partial charge in [0.15, 0.2) is 5.76 Å². The Morgan fingerprint density at radius 3 is 2.47 bits per heavy atom. The normalized spacial score (nSPS) is 10.6. The molecule has 1 heterocycles. The SMILES string of the molecule is Fc1ccccc1-c1ncc(-c2ccc(Br)cc2)o1. The van der Waals surface area contributed by atoms with E-state index in [1.165, 1.54) is 6.07 Å². The monoisotopic (exact) mass is 317 g/mol. The van der Waals surface area contributed by atoms with Gasteiger partial charge in [0.2, 0.25) is 5.89 Å². The molecule has 0 spiro atoms. The Morgan fingerprint density at radius 1 is 1.00 bits per heavy atom. The van der Waals surface area contributed by atoms with Crippen LogP contribution in [0.1, 0.15) is 0 Å². The lowest BCUT2D eigenvalue weighted by molar-refractivity contribution is 0.573. The predicted octanol–water partition coefficient (Wildman–Crippen LogP) is 4.91. The quantitative estimate of drug-likeness (QED) is 0.671. The summed E-state index contributed by atoms with van der Waals surface area (Å²) in [6, 6.07) is 14.1. The molecule has 0 bridgehead atoms. The molecule has 0 aliphatic rings. The zero-order valence-electron chi connectivity index (χ0n) is 9.81. The van der Waals surface area contributed by atoms with Crippen molar-refractivity contribution in [3.8, 4) is 22.8 Å². The molecule has 94 valence electrons. The van der Waals surface area contributed by atoms with Crippen LogP contribution in [0.2, 0.25) is 0 Å². The summed E-state index contributed by atoms with van der Waals surface area (Å²) in [6.07, 6.45) is 1.60. The van der Waals surface area contributed by atoms with E-state index in [1.54, 1.807) is 24.4 Å². The van der Waals surface area contributed by atoms with Crippen LogP contribution >= 0.6 is 15.9 Å². The highest BCUT2D eigenvalue weighted by atomic mass is 79.9. The van der Waals surface area contributed by atoms with Crippen LogP contribution in [0.4, 0.5) is 4.39 Å². The van der Waals surface area contributed by atoms with E-state index < -0.39 is 0 Å². The minimum atomic E-state index is -0.341. The number of aromatic nitrogens is 1. The van der Waals surface area contributed by atoms with E-state index >= 15 is 0 Å². The van der Waals surface area contributed by atoms with E-state index in [1.807, 2.05) is 24.3 Å². The molecule has 0 aliphatic heterocycles. The summed E-state index contributed by atoms with van der Waals surface area (Å²) in [6.45, 7) is 0. The average Bonchev–Trinajstić information content (AvgIpc) is 2.89. The number of benzene rings is 2. The molecule has 0 aliphatic carbocycles. The summed E-state index contributed by atoms with van der Waals surface area (Å²) in [5.41, 5.74) is 1.27. The van der Waals surface area contributed by atoms with E-state index in [0.29, 0.717) is 11.3 Å². The van der Waals surface area contributed by atoms with Crippen molar-refractivity contribution in [3.63, 3.8) is 0 Å². The Kier molecular flexibility index (Phi) is 3.17. The first-order valence-electron chi connectivity index (χ1n) is 5.71. The molecule has 3 rings (SSSR count). The highest BCUT2D eigenvalue weighted by molar-refractivity contribution is 9.10. The Labute approximate surface area is 118 Å². The van der Waals surface area contributed by atoms with Gasteiger partial charge >= 0.3 is 0 Å². The molecule has 1 aromatic heterocycles. The first-order valence-corrected chi connectivity index (χ1v) is 6.50. The van der Waals surface area contributed by atoms with Gasteiger partial charge in [0.05, 0.1) is 11.8 Å². The van der Waals surface area contributed by atoms with Gasteiger partial charge in [0.1, 0.15) is 5.82 Å². The van der Waals surface area contributed by atoms with Gasteiger partial charge in [-0.25, -0.2) is 9.37 Å². The maximum atomic E-state index is 13.6. The predicted molar refractivity (Wildman–Crippen MR) is 75.0 cm³/mol. The van der Waals surface area contributed by atoms with Gasteiger partial charge < -0.3 is 4.42 Å². The van der Waals surface area contributed by atoms with Crippen LogP contribution in [-0.4, -0.2) is 4.98 Å². The first kappa shape index (κ1) is 12.1. The van der Waals surface area contributed by atoms with Crippen molar-refractivity contribution < 1.29 is 8.81 Å². The molecule has 0 N–H and O–H groups in total. The molecule has 0 atom stereocenters. The summed E-state index contributed by atoms with van der Waals surface area (Å²) in [5, 5.41) is 0. The Morgan fingerprint density at radius 2 is 1.74 bits per heavy atom. The molecule has 2 nitrogen and oxygen atoms in total. The first-order chi connectivity index (χ1) is 9.24. The lowest BCUT2D eigenvalue weighted by Gasteiger charge is -1.98. The fourth-order valence-electron chi connectivity index (χ4n) is 1.78. The van der Waals surface area contributed by atoms with Crippen LogP contribution in [0, 0.1) is 5.82 Å². The van der Waals surface area contributed by atoms with E-state index in [9.17, 15) is 4.39 Å². The van der Waals surface area contributed by atoms with Crippen molar-refractivity contribution in [2.24, 2.45) is 0 Å². The fraction of sp³-hybridized carbons (Fsp3) is 0. The Hall–Kier alpha value is -1.94.